The molecule has 7 nitrogen and oxygen atoms in total. The minimum absolute atomic E-state index is 0. The van der Waals surface area contributed by atoms with Gasteiger partial charge in [0.05, 0.1) is 5.69 Å². The molecule has 8 heteroatoms. The van der Waals surface area contributed by atoms with Crippen LogP contribution in [0.5, 0.6) is 17.2 Å². The molecule has 0 radical (unpaired) electrons. The fourth-order valence-corrected chi connectivity index (χ4v) is 3.17. The molecule has 0 bridgehead atoms. The van der Waals surface area contributed by atoms with Crippen LogP contribution in [-0.4, -0.2) is 31.3 Å². The van der Waals surface area contributed by atoms with Crippen LogP contribution in [0.25, 0.3) is 0 Å². The van der Waals surface area contributed by atoms with Crippen molar-refractivity contribution in [1.82, 2.24) is 15.6 Å². The van der Waals surface area contributed by atoms with Gasteiger partial charge in [0.1, 0.15) is 12.4 Å². The van der Waals surface area contributed by atoms with Crippen LogP contribution in [0.2, 0.25) is 0 Å². The molecule has 1 aromatic heterocycles. The second kappa shape index (κ2) is 12.1. The van der Waals surface area contributed by atoms with Crippen LogP contribution in [0.1, 0.15) is 16.8 Å². The van der Waals surface area contributed by atoms with Crippen molar-refractivity contribution >= 4 is 29.9 Å². The molecule has 4 rings (SSSR count). The Labute approximate surface area is 205 Å². The number of pyridine rings is 1. The number of aliphatic imine (C=N–C) groups is 1. The fraction of sp³-hybridized carbons (Fsp3) is 0.250. The van der Waals surface area contributed by atoms with Gasteiger partial charge in [0, 0.05) is 26.3 Å². The summed E-state index contributed by atoms with van der Waals surface area (Å²) in [5.74, 6) is 3.20. The molecule has 32 heavy (non-hydrogen) atoms. The van der Waals surface area contributed by atoms with Crippen LogP contribution in [0.4, 0.5) is 0 Å². The van der Waals surface area contributed by atoms with Gasteiger partial charge in [-0.2, -0.15) is 0 Å². The predicted molar refractivity (Wildman–Crippen MR) is 135 cm³/mol. The lowest BCUT2D eigenvalue weighted by atomic mass is 10.1. The van der Waals surface area contributed by atoms with Crippen molar-refractivity contribution in [3.8, 4) is 17.2 Å². The molecule has 1 aliphatic heterocycles. The van der Waals surface area contributed by atoms with Gasteiger partial charge in [-0.25, -0.2) is 0 Å². The quantitative estimate of drug-likeness (QED) is 0.254. The molecule has 2 heterocycles. The standard InChI is InChI=1S/C24H26N4O3.HI/c1-25-24(27-13-11-18-7-10-22-23(14-18)31-17-30-22)28-15-19-5-8-21(9-6-19)29-16-20-4-2-3-12-26-20;/h2-10,12,14H,11,13,15-17H2,1H3,(H2,25,27,28);1H. The Kier molecular flexibility index (Phi) is 8.97. The Bertz CT molecular complexity index is 1010. The summed E-state index contributed by atoms with van der Waals surface area (Å²) in [4.78, 5) is 8.55. The molecule has 0 spiro atoms. The van der Waals surface area contributed by atoms with Crippen LogP contribution >= 0.6 is 24.0 Å². The smallest absolute Gasteiger partial charge is 0.231 e. The topological polar surface area (TPSA) is 77.0 Å². The Morgan fingerprint density at radius 2 is 1.81 bits per heavy atom. The van der Waals surface area contributed by atoms with Crippen molar-refractivity contribution in [2.45, 2.75) is 19.6 Å². The monoisotopic (exact) mass is 546 g/mol. The summed E-state index contributed by atoms with van der Waals surface area (Å²) < 4.78 is 16.6. The minimum atomic E-state index is 0. The third kappa shape index (κ3) is 6.74. The maximum absolute atomic E-state index is 5.78. The number of aromatic nitrogens is 1. The minimum Gasteiger partial charge on any atom is -0.487 e. The van der Waals surface area contributed by atoms with Crippen LogP contribution in [0, 0.1) is 0 Å². The number of rotatable bonds is 8. The normalized spacial score (nSPS) is 12.1. The van der Waals surface area contributed by atoms with Crippen molar-refractivity contribution in [3.63, 3.8) is 0 Å². The molecule has 0 amide bonds. The lowest BCUT2D eigenvalue weighted by molar-refractivity contribution is 0.174. The Hall–Kier alpha value is -3.01. The van der Waals surface area contributed by atoms with Crippen molar-refractivity contribution < 1.29 is 14.2 Å². The largest absolute Gasteiger partial charge is 0.487 e. The molecular weight excluding hydrogens is 519 g/mol. The van der Waals surface area contributed by atoms with Gasteiger partial charge in [-0.05, 0) is 53.9 Å². The zero-order valence-electron chi connectivity index (χ0n) is 17.9. The van der Waals surface area contributed by atoms with Crippen LogP contribution in [-0.2, 0) is 19.6 Å². The molecule has 168 valence electrons. The van der Waals surface area contributed by atoms with E-state index in [0.29, 0.717) is 19.9 Å². The molecule has 0 atom stereocenters. The second-order valence-electron chi connectivity index (χ2n) is 7.04. The van der Waals surface area contributed by atoms with E-state index in [-0.39, 0.29) is 24.0 Å². The van der Waals surface area contributed by atoms with Gasteiger partial charge in [-0.1, -0.05) is 24.3 Å². The lowest BCUT2D eigenvalue weighted by Gasteiger charge is -2.12. The number of guanidine groups is 1. The van der Waals surface area contributed by atoms with E-state index in [1.165, 1.54) is 5.56 Å². The van der Waals surface area contributed by atoms with Gasteiger partial charge in [0.2, 0.25) is 6.79 Å². The highest BCUT2D eigenvalue weighted by Crippen LogP contribution is 2.32. The molecule has 0 aliphatic carbocycles. The van der Waals surface area contributed by atoms with E-state index in [4.69, 9.17) is 14.2 Å². The first-order valence-corrected chi connectivity index (χ1v) is 10.2. The number of hydrogen-bond acceptors (Lipinski definition) is 5. The number of nitrogens with zero attached hydrogens (tertiary/aromatic N) is 2. The molecular formula is C24H27IN4O3. The van der Waals surface area contributed by atoms with Gasteiger partial charge < -0.3 is 24.8 Å². The summed E-state index contributed by atoms with van der Waals surface area (Å²) in [6.45, 7) is 2.19. The number of nitrogens with one attached hydrogen (secondary N) is 2. The van der Waals surface area contributed by atoms with E-state index in [2.05, 4.69) is 26.7 Å². The summed E-state index contributed by atoms with van der Waals surface area (Å²) in [5.41, 5.74) is 3.24. The van der Waals surface area contributed by atoms with E-state index in [1.807, 2.05) is 54.6 Å². The zero-order chi connectivity index (χ0) is 21.3. The summed E-state index contributed by atoms with van der Waals surface area (Å²) >= 11 is 0. The van der Waals surface area contributed by atoms with Crippen molar-refractivity contribution in [2.24, 2.45) is 4.99 Å². The lowest BCUT2D eigenvalue weighted by Crippen LogP contribution is -2.37. The molecule has 0 fully saturated rings. The average molecular weight is 546 g/mol. The first-order valence-electron chi connectivity index (χ1n) is 10.2. The van der Waals surface area contributed by atoms with Crippen molar-refractivity contribution in [3.05, 3.63) is 83.7 Å². The predicted octanol–water partition coefficient (Wildman–Crippen LogP) is 3.92. The molecule has 0 saturated heterocycles. The van der Waals surface area contributed by atoms with E-state index in [1.54, 1.807) is 13.2 Å². The van der Waals surface area contributed by atoms with E-state index in [9.17, 15) is 0 Å². The summed E-state index contributed by atoms with van der Waals surface area (Å²) in [7, 11) is 1.77. The number of hydrogen-bond donors (Lipinski definition) is 2. The zero-order valence-corrected chi connectivity index (χ0v) is 20.2. The SMILES string of the molecule is CN=C(NCCc1ccc2c(c1)OCO2)NCc1ccc(OCc2ccccn2)cc1.I. The first-order chi connectivity index (χ1) is 15.3. The van der Waals surface area contributed by atoms with Gasteiger partial charge in [-0.15, -0.1) is 24.0 Å². The van der Waals surface area contributed by atoms with E-state index in [0.717, 1.165) is 47.4 Å². The van der Waals surface area contributed by atoms with Crippen LogP contribution in [0.15, 0.2) is 71.9 Å². The van der Waals surface area contributed by atoms with Crippen LogP contribution < -0.4 is 24.8 Å². The molecule has 3 aromatic rings. The highest BCUT2D eigenvalue weighted by Gasteiger charge is 2.13. The molecule has 0 saturated carbocycles. The molecule has 1 aliphatic rings. The van der Waals surface area contributed by atoms with Gasteiger partial charge in [0.15, 0.2) is 17.5 Å². The van der Waals surface area contributed by atoms with Gasteiger partial charge in [0.25, 0.3) is 0 Å². The van der Waals surface area contributed by atoms with E-state index >= 15 is 0 Å². The number of benzene rings is 2. The highest BCUT2D eigenvalue weighted by atomic mass is 127. The van der Waals surface area contributed by atoms with Crippen molar-refractivity contribution in [1.29, 1.82) is 0 Å². The second-order valence-corrected chi connectivity index (χ2v) is 7.04. The molecule has 2 N–H and O–H groups in total. The molecule has 0 unspecified atom stereocenters. The number of halogens is 1. The highest BCUT2D eigenvalue weighted by molar-refractivity contribution is 14.0. The van der Waals surface area contributed by atoms with E-state index < -0.39 is 0 Å². The summed E-state index contributed by atoms with van der Waals surface area (Å²) in [5, 5.41) is 6.68. The summed E-state index contributed by atoms with van der Waals surface area (Å²) in [6, 6.07) is 19.9. The third-order valence-electron chi connectivity index (χ3n) is 4.86. The summed E-state index contributed by atoms with van der Waals surface area (Å²) in [6.07, 6.45) is 2.63. The maximum atomic E-state index is 5.78. The fourth-order valence-electron chi connectivity index (χ4n) is 3.17. The molecule has 2 aromatic carbocycles. The number of ether oxygens (including phenoxy) is 3. The van der Waals surface area contributed by atoms with Crippen LogP contribution in [0.3, 0.4) is 0 Å². The number of fused-ring (bicyclic) bond motifs is 1. The third-order valence-corrected chi connectivity index (χ3v) is 4.86. The van der Waals surface area contributed by atoms with Gasteiger partial charge >= 0.3 is 0 Å². The first kappa shape index (κ1) is 23.6. The van der Waals surface area contributed by atoms with Crippen molar-refractivity contribution in [2.75, 3.05) is 20.4 Å². The average Bonchev–Trinajstić information content (AvgIpc) is 3.29. The Morgan fingerprint density at radius 3 is 2.59 bits per heavy atom. The Balaban J connectivity index is 0.00000289. The van der Waals surface area contributed by atoms with Gasteiger partial charge in [-0.3, -0.25) is 9.98 Å². The maximum Gasteiger partial charge on any atom is 0.231 e. The Morgan fingerprint density at radius 1 is 1.00 bits per heavy atom.